The predicted molar refractivity (Wildman–Crippen MR) is 234 cm³/mol. The third-order valence-electron chi connectivity index (χ3n) is 10.7. The van der Waals surface area contributed by atoms with Crippen LogP contribution >= 0.6 is 25.3 Å². The summed E-state index contributed by atoms with van der Waals surface area (Å²) in [6, 6.07) is -4.01. The van der Waals surface area contributed by atoms with Crippen molar-refractivity contribution in [3.8, 4) is 5.75 Å². The predicted octanol–water partition coefficient (Wildman–Crippen LogP) is -4.88. The number of benzene rings is 1. The highest BCUT2D eigenvalue weighted by molar-refractivity contribution is 7.80. The van der Waals surface area contributed by atoms with Crippen LogP contribution in [0.1, 0.15) is 45.6 Å². The number of phenolic OH excluding ortho intramolecular Hbond substituents is 1. The molecule has 0 bridgehead atoms. The van der Waals surface area contributed by atoms with E-state index in [1.54, 1.807) is 20.1 Å². The first-order valence-corrected chi connectivity index (χ1v) is 21.3. The van der Waals surface area contributed by atoms with E-state index in [9.17, 15) is 63.6 Å². The monoisotopic (exact) mass is 937 g/mol. The molecule has 8 amide bonds. The summed E-state index contributed by atoms with van der Waals surface area (Å²) in [5.41, 5.74) is 11.8. The zero-order valence-corrected chi connectivity index (χ0v) is 37.1. The number of thiol groups is 2. The van der Waals surface area contributed by atoms with Crippen LogP contribution in [0, 0.1) is 11.8 Å². The van der Waals surface area contributed by atoms with Crippen molar-refractivity contribution in [2.75, 3.05) is 32.0 Å². The van der Waals surface area contributed by atoms with E-state index in [2.05, 4.69) is 62.1 Å². The van der Waals surface area contributed by atoms with Crippen LogP contribution in [0.4, 0.5) is 0 Å². The van der Waals surface area contributed by atoms with Gasteiger partial charge in [0.15, 0.2) is 0 Å². The fourth-order valence-corrected chi connectivity index (χ4v) is 7.36. The number of amides is 8. The normalized spacial score (nSPS) is 18.5. The number of aromatic nitrogens is 1. The van der Waals surface area contributed by atoms with Crippen molar-refractivity contribution in [3.63, 3.8) is 0 Å². The van der Waals surface area contributed by atoms with Crippen molar-refractivity contribution in [2.45, 2.75) is 99.9 Å². The van der Waals surface area contributed by atoms with Gasteiger partial charge < -0.3 is 73.7 Å². The Morgan fingerprint density at radius 3 is 2.20 bits per heavy atom. The Morgan fingerprint density at radius 1 is 0.969 bits per heavy atom. The zero-order chi connectivity index (χ0) is 48.0. The van der Waals surface area contributed by atoms with Crippen molar-refractivity contribution in [3.05, 3.63) is 23.8 Å². The SMILES string of the molecule is CC[C@H](C)[C@H](NC(=O)CNC(=O)[C@H](Cc1c(S)[nH]c2cc(O)ccc12)NC(=O)[C@@H](NC(=O)[C@@H]1CC(O)CN1C(=O)[C@@H](N)CC(N)=O)[C@@H](C)[C@@H](O)CO)C(=O)NCC(=O)N[C@H]([C]=O)CS. The van der Waals surface area contributed by atoms with Crippen LogP contribution in [0.3, 0.4) is 0 Å². The van der Waals surface area contributed by atoms with Crippen molar-refractivity contribution in [2.24, 2.45) is 23.3 Å². The highest BCUT2D eigenvalue weighted by Gasteiger charge is 2.43. The maximum atomic E-state index is 14.2. The lowest BCUT2D eigenvalue weighted by atomic mass is 9.93. The molecule has 1 aliphatic heterocycles. The molecule has 1 radical (unpaired) electrons. The van der Waals surface area contributed by atoms with E-state index >= 15 is 0 Å². The van der Waals surface area contributed by atoms with Crippen molar-refractivity contribution in [1.82, 2.24) is 41.8 Å². The molecule has 3 rings (SSSR count). The molecule has 1 aliphatic rings. The van der Waals surface area contributed by atoms with Gasteiger partial charge in [-0.1, -0.05) is 27.2 Å². The number of aliphatic hydroxyl groups is 3. The van der Waals surface area contributed by atoms with Gasteiger partial charge >= 0.3 is 0 Å². The smallest absolute Gasteiger partial charge is 0.243 e. The summed E-state index contributed by atoms with van der Waals surface area (Å²) in [5.74, 6) is -8.90. The summed E-state index contributed by atoms with van der Waals surface area (Å²) in [6.07, 6.45) is -1.99. The molecule has 2 heterocycles. The average Bonchev–Trinajstić information content (AvgIpc) is 3.80. The molecule has 1 aromatic carbocycles. The van der Waals surface area contributed by atoms with Gasteiger partial charge in [0.05, 0.1) is 54.9 Å². The lowest BCUT2D eigenvalue weighted by Crippen LogP contribution is -2.61. The number of nitrogens with zero attached hydrogens (tertiary/aromatic N) is 1. The minimum Gasteiger partial charge on any atom is -0.508 e. The van der Waals surface area contributed by atoms with E-state index in [-0.39, 0.29) is 35.9 Å². The van der Waals surface area contributed by atoms with Gasteiger partial charge in [-0.3, -0.25) is 43.2 Å². The van der Waals surface area contributed by atoms with Gasteiger partial charge in [0.25, 0.3) is 0 Å². The molecule has 10 atom stereocenters. The first-order chi connectivity index (χ1) is 30.1. The summed E-state index contributed by atoms with van der Waals surface area (Å²) >= 11 is 8.42. The van der Waals surface area contributed by atoms with E-state index in [1.165, 1.54) is 25.1 Å². The minimum absolute atomic E-state index is 0.0256. The standard InChI is InChI=1S/C39H57N10O13S2/c1-4-17(2)32(36(60)43-11-30(56)44-19(14-50)16-63)47-31(57)12-42-34(58)26(9-23-22-6-5-20(52)7-25(22)46-38(23)64)45-37(61)33(18(3)28(54)15-51)48-35(59)27-8-21(53)13-49(27)39(62)24(40)10-29(41)55/h5-7,17-19,21,24,26-28,32-33,46,51-54,63-64H,4,8-13,15-16,40H2,1-3H3,(H2,41,55)(H,42,58)(H,43,60)(H,44,56)(H,45,61)(H,47,57)(H,48,59)/t17-,18-,19+,21?,24-,26-,27-,28-,32-,33-/m0/s1. The second kappa shape index (κ2) is 24.6. The minimum atomic E-state index is -1.71. The molecule has 25 heteroatoms. The number of hydrogen-bond donors (Lipinski definition) is 15. The second-order valence-corrected chi connectivity index (χ2v) is 16.3. The number of hydrogen-bond acceptors (Lipinski definition) is 16. The second-order valence-electron chi connectivity index (χ2n) is 15.5. The van der Waals surface area contributed by atoms with Crippen LogP contribution in [-0.2, 0) is 49.6 Å². The number of likely N-dealkylation sites (tertiary alicyclic amines) is 1. The van der Waals surface area contributed by atoms with Gasteiger partial charge in [-0.25, -0.2) is 0 Å². The lowest BCUT2D eigenvalue weighted by molar-refractivity contribution is -0.142. The summed E-state index contributed by atoms with van der Waals surface area (Å²) in [7, 11) is 0. The van der Waals surface area contributed by atoms with Gasteiger partial charge in [0, 0.05) is 42.5 Å². The third kappa shape index (κ3) is 14.5. The Balaban J connectivity index is 1.89. The number of primary amides is 1. The molecule has 0 saturated carbocycles. The van der Waals surface area contributed by atoms with E-state index < -0.39 is 134 Å². The molecule has 15 N–H and O–H groups in total. The molecule has 2 aromatic rings. The van der Waals surface area contributed by atoms with Gasteiger partial charge in [-0.15, -0.1) is 12.6 Å². The number of H-pyrrole nitrogens is 1. The fourth-order valence-electron chi connectivity index (χ4n) is 6.86. The maximum absolute atomic E-state index is 14.2. The summed E-state index contributed by atoms with van der Waals surface area (Å²) in [5, 5.41) is 56.3. The number of carbonyl (C=O) groups excluding carboxylic acids is 9. The highest BCUT2D eigenvalue weighted by atomic mass is 32.1. The van der Waals surface area contributed by atoms with Crippen LogP contribution in [0.2, 0.25) is 0 Å². The summed E-state index contributed by atoms with van der Waals surface area (Å²) in [4.78, 5) is 120. The van der Waals surface area contributed by atoms with Crippen molar-refractivity contribution < 1.29 is 63.6 Å². The maximum Gasteiger partial charge on any atom is 0.243 e. The largest absolute Gasteiger partial charge is 0.508 e. The van der Waals surface area contributed by atoms with Crippen molar-refractivity contribution >= 4 is 89.7 Å². The fraction of sp³-hybridized carbons (Fsp3) is 0.564. The molecule has 0 aliphatic carbocycles. The first-order valence-electron chi connectivity index (χ1n) is 20.2. The van der Waals surface area contributed by atoms with Crippen molar-refractivity contribution in [1.29, 1.82) is 0 Å². The Kier molecular flexibility index (Phi) is 20.3. The Hall–Kier alpha value is -5.47. The molecule has 23 nitrogen and oxygen atoms in total. The van der Waals surface area contributed by atoms with E-state index in [1.807, 2.05) is 0 Å². The number of nitrogens with one attached hydrogen (secondary N) is 7. The van der Waals surface area contributed by atoms with Gasteiger partial charge in [0.2, 0.25) is 53.5 Å². The van der Waals surface area contributed by atoms with E-state index in [4.69, 9.17) is 11.5 Å². The molecular formula is C39H57N10O13S2. The molecule has 1 saturated heterocycles. The summed E-state index contributed by atoms with van der Waals surface area (Å²) < 4.78 is 0. The first kappa shape index (κ1) is 52.9. The Bertz CT molecular complexity index is 2040. The molecule has 64 heavy (non-hydrogen) atoms. The molecular weight excluding hydrogens is 881 g/mol. The van der Waals surface area contributed by atoms with Crippen LogP contribution in [0.25, 0.3) is 10.9 Å². The molecule has 1 unspecified atom stereocenters. The molecule has 353 valence electrons. The number of nitrogens with two attached hydrogens (primary N) is 2. The van der Waals surface area contributed by atoms with Crippen LogP contribution in [-0.4, -0.2) is 164 Å². The van der Waals surface area contributed by atoms with Crippen LogP contribution < -0.4 is 43.4 Å². The summed E-state index contributed by atoms with van der Waals surface area (Å²) in [6.45, 7) is 2.25. The number of rotatable bonds is 24. The number of β-amino-alcohol motifs (C(OH)–C–C–N with tert-alkyl or cyclic N) is 1. The zero-order valence-electron chi connectivity index (χ0n) is 35.3. The number of aromatic hydroxyl groups is 1. The Morgan fingerprint density at radius 2 is 1.61 bits per heavy atom. The Labute approximate surface area is 378 Å². The molecule has 1 fully saturated rings. The quantitative estimate of drug-likeness (QED) is 0.0439. The highest BCUT2D eigenvalue weighted by Crippen LogP contribution is 2.29. The van der Waals surface area contributed by atoms with Gasteiger partial charge in [-0.05, 0) is 23.6 Å². The average molecular weight is 938 g/mol. The van der Waals surface area contributed by atoms with Crippen LogP contribution in [0.15, 0.2) is 23.2 Å². The lowest BCUT2D eigenvalue weighted by Gasteiger charge is -2.32. The number of fused-ring (bicyclic) bond motifs is 1. The van der Waals surface area contributed by atoms with Gasteiger partial charge in [0.1, 0.15) is 36.0 Å². The van der Waals surface area contributed by atoms with Gasteiger partial charge in [-0.2, -0.15) is 12.6 Å². The number of aliphatic hydroxyl groups excluding tert-OH is 3. The third-order valence-corrected chi connectivity index (χ3v) is 11.5. The number of carbonyl (C=O) groups is 8. The van der Waals surface area contributed by atoms with Crippen LogP contribution in [0.5, 0.6) is 5.75 Å². The number of aromatic amines is 1. The number of phenols is 1. The molecule has 1 aromatic heterocycles. The van der Waals surface area contributed by atoms with E-state index in [0.717, 1.165) is 4.90 Å². The topological polar surface area (TPSA) is 378 Å². The van der Waals surface area contributed by atoms with E-state index in [0.29, 0.717) is 22.9 Å². The molecule has 0 spiro atoms.